The highest BCUT2D eigenvalue weighted by atomic mass is 16.4. The van der Waals surface area contributed by atoms with Gasteiger partial charge >= 0.3 is 5.97 Å². The van der Waals surface area contributed by atoms with Crippen molar-refractivity contribution in [1.29, 1.82) is 0 Å². The Labute approximate surface area is 195 Å². The van der Waals surface area contributed by atoms with Crippen molar-refractivity contribution in [3.05, 3.63) is 65.5 Å². The quantitative estimate of drug-likeness (QED) is 0.469. The Morgan fingerprint density at radius 1 is 1.06 bits per heavy atom. The lowest BCUT2D eigenvalue weighted by Crippen LogP contribution is -2.29. The van der Waals surface area contributed by atoms with Crippen LogP contribution in [0.15, 0.2) is 48.5 Å². The summed E-state index contributed by atoms with van der Waals surface area (Å²) < 4.78 is 0. The lowest BCUT2D eigenvalue weighted by Gasteiger charge is -2.26. The van der Waals surface area contributed by atoms with Crippen molar-refractivity contribution in [3.8, 4) is 11.1 Å². The van der Waals surface area contributed by atoms with Crippen LogP contribution in [0, 0.1) is 5.92 Å². The number of likely N-dealkylation sites (tertiary alicyclic amines) is 1. The summed E-state index contributed by atoms with van der Waals surface area (Å²) in [5, 5.41) is 24.1. The first kappa shape index (κ1) is 23.1. The molecular weight excluding hydrogens is 414 g/mol. The van der Waals surface area contributed by atoms with Gasteiger partial charge in [-0.25, -0.2) is 0 Å². The van der Waals surface area contributed by atoms with Crippen molar-refractivity contribution >= 4 is 5.97 Å². The van der Waals surface area contributed by atoms with Crippen LogP contribution in [0.5, 0.6) is 0 Å². The van der Waals surface area contributed by atoms with E-state index in [1.165, 1.54) is 49.0 Å². The van der Waals surface area contributed by atoms with Crippen molar-refractivity contribution in [3.63, 3.8) is 0 Å². The average Bonchev–Trinajstić information content (AvgIpc) is 3.37. The van der Waals surface area contributed by atoms with Gasteiger partial charge in [0.05, 0.1) is 5.92 Å². The number of aromatic nitrogens is 4. The molecule has 174 valence electrons. The number of benzene rings is 2. The lowest BCUT2D eigenvalue weighted by molar-refractivity contribution is -0.142. The third kappa shape index (κ3) is 6.05. The Morgan fingerprint density at radius 3 is 2.52 bits per heavy atom. The number of tetrazole rings is 1. The fraction of sp³-hybridized carbons (Fsp3) is 0.462. The minimum absolute atomic E-state index is 0.320. The molecule has 3 aromatic rings. The molecule has 0 spiro atoms. The molecule has 1 aliphatic heterocycles. The van der Waals surface area contributed by atoms with Crippen LogP contribution in [-0.4, -0.2) is 49.7 Å². The van der Waals surface area contributed by atoms with Gasteiger partial charge in [0.2, 0.25) is 0 Å². The van der Waals surface area contributed by atoms with Crippen LogP contribution in [0.4, 0.5) is 0 Å². The molecule has 2 unspecified atom stereocenters. The maximum atomic E-state index is 11.9. The van der Waals surface area contributed by atoms with Crippen LogP contribution in [0.25, 0.3) is 11.1 Å². The number of H-pyrrole nitrogens is 1. The van der Waals surface area contributed by atoms with E-state index in [2.05, 4.69) is 74.1 Å². The van der Waals surface area contributed by atoms with Crippen LogP contribution >= 0.6 is 0 Å². The Bertz CT molecular complexity index is 1010. The zero-order valence-corrected chi connectivity index (χ0v) is 19.3. The fourth-order valence-corrected chi connectivity index (χ4v) is 4.86. The van der Waals surface area contributed by atoms with E-state index in [4.69, 9.17) is 0 Å². The second kappa shape index (κ2) is 11.2. The fourth-order valence-electron chi connectivity index (χ4n) is 4.86. The highest BCUT2D eigenvalue weighted by Gasteiger charge is 2.32. The SMILES string of the molecule is CCCC(C(=O)O)C(Cc1ccc(-c2cccc(CN3CCCCC3)c2)cc1)c1nn[nH]n1. The van der Waals surface area contributed by atoms with Crippen molar-refractivity contribution in [1.82, 2.24) is 25.5 Å². The lowest BCUT2D eigenvalue weighted by atomic mass is 9.83. The number of piperidine rings is 1. The highest BCUT2D eigenvalue weighted by Crippen LogP contribution is 2.31. The van der Waals surface area contributed by atoms with E-state index in [0.29, 0.717) is 18.7 Å². The van der Waals surface area contributed by atoms with Gasteiger partial charge < -0.3 is 5.11 Å². The molecule has 7 nitrogen and oxygen atoms in total. The minimum Gasteiger partial charge on any atom is -0.481 e. The predicted molar refractivity (Wildman–Crippen MR) is 128 cm³/mol. The minimum atomic E-state index is -0.811. The second-order valence-electron chi connectivity index (χ2n) is 9.05. The van der Waals surface area contributed by atoms with Crippen LogP contribution in [0.1, 0.15) is 61.9 Å². The topological polar surface area (TPSA) is 95.0 Å². The molecule has 2 heterocycles. The summed E-state index contributed by atoms with van der Waals surface area (Å²) in [6.45, 7) is 5.38. The molecule has 2 N–H and O–H groups in total. The molecule has 1 aliphatic rings. The normalized spacial score (nSPS) is 16.4. The number of nitrogens with zero attached hydrogens (tertiary/aromatic N) is 4. The van der Waals surface area contributed by atoms with E-state index in [1.54, 1.807) is 0 Å². The van der Waals surface area contributed by atoms with Gasteiger partial charge in [0, 0.05) is 12.5 Å². The van der Waals surface area contributed by atoms with Gasteiger partial charge in [0.15, 0.2) is 5.82 Å². The zero-order chi connectivity index (χ0) is 23.0. The molecule has 1 fully saturated rings. The van der Waals surface area contributed by atoms with E-state index in [9.17, 15) is 9.90 Å². The molecule has 7 heteroatoms. The number of hydrogen-bond acceptors (Lipinski definition) is 5. The monoisotopic (exact) mass is 447 g/mol. The molecular formula is C26H33N5O2. The van der Waals surface area contributed by atoms with E-state index in [-0.39, 0.29) is 5.92 Å². The summed E-state index contributed by atoms with van der Waals surface area (Å²) in [6, 6.07) is 17.2. The molecule has 1 aromatic heterocycles. The Balaban J connectivity index is 1.49. The number of aromatic amines is 1. The van der Waals surface area contributed by atoms with Crippen LogP contribution in [0.3, 0.4) is 0 Å². The number of carboxylic acid groups (broad SMARTS) is 1. The molecule has 1 saturated heterocycles. The Hall–Kier alpha value is -3.06. The summed E-state index contributed by atoms with van der Waals surface area (Å²) >= 11 is 0. The van der Waals surface area contributed by atoms with Crippen LogP contribution < -0.4 is 0 Å². The van der Waals surface area contributed by atoms with Gasteiger partial charge in [-0.3, -0.25) is 9.69 Å². The first-order valence-electron chi connectivity index (χ1n) is 12.0. The molecule has 0 radical (unpaired) electrons. The first-order valence-corrected chi connectivity index (χ1v) is 12.0. The maximum Gasteiger partial charge on any atom is 0.307 e. The molecule has 0 aliphatic carbocycles. The van der Waals surface area contributed by atoms with Crippen molar-refractivity contribution < 1.29 is 9.90 Å². The second-order valence-corrected chi connectivity index (χ2v) is 9.05. The molecule has 2 aromatic carbocycles. The molecule has 0 saturated carbocycles. The Kier molecular flexibility index (Phi) is 7.83. The third-order valence-electron chi connectivity index (χ3n) is 6.62. The van der Waals surface area contributed by atoms with E-state index >= 15 is 0 Å². The number of nitrogens with one attached hydrogen (secondary N) is 1. The number of rotatable bonds is 10. The third-order valence-corrected chi connectivity index (χ3v) is 6.62. The number of carbonyl (C=O) groups is 1. The molecule has 33 heavy (non-hydrogen) atoms. The Morgan fingerprint density at radius 2 is 1.85 bits per heavy atom. The average molecular weight is 448 g/mol. The van der Waals surface area contributed by atoms with Crippen molar-refractivity contribution in [2.75, 3.05) is 13.1 Å². The van der Waals surface area contributed by atoms with Gasteiger partial charge in [-0.2, -0.15) is 5.21 Å². The molecule has 4 rings (SSSR count). The van der Waals surface area contributed by atoms with E-state index in [0.717, 1.165) is 18.5 Å². The molecule has 0 bridgehead atoms. The summed E-state index contributed by atoms with van der Waals surface area (Å²) in [4.78, 5) is 14.5. The smallest absolute Gasteiger partial charge is 0.307 e. The summed E-state index contributed by atoms with van der Waals surface area (Å²) in [5.41, 5.74) is 4.79. The maximum absolute atomic E-state index is 11.9. The molecule has 0 amide bonds. The summed E-state index contributed by atoms with van der Waals surface area (Å²) in [6.07, 6.45) is 5.88. The summed E-state index contributed by atoms with van der Waals surface area (Å²) in [5.74, 6) is -1.21. The van der Waals surface area contributed by atoms with Crippen molar-refractivity contribution in [2.24, 2.45) is 5.92 Å². The van der Waals surface area contributed by atoms with Gasteiger partial charge in [0.25, 0.3) is 0 Å². The van der Waals surface area contributed by atoms with E-state index < -0.39 is 11.9 Å². The van der Waals surface area contributed by atoms with Gasteiger partial charge in [-0.05, 0) is 67.1 Å². The van der Waals surface area contributed by atoms with Gasteiger partial charge in [-0.15, -0.1) is 10.2 Å². The summed E-state index contributed by atoms with van der Waals surface area (Å²) in [7, 11) is 0. The largest absolute Gasteiger partial charge is 0.481 e. The number of hydrogen-bond donors (Lipinski definition) is 2. The standard InChI is InChI=1S/C26H33N5O2/c1-2-7-23(26(32)33)24(25-27-29-30-28-25)17-19-10-12-21(13-11-19)22-9-6-8-20(16-22)18-31-14-4-3-5-15-31/h6,8-13,16,23-24H,2-5,7,14-15,17-18H2,1H3,(H,32,33)(H,27,28,29,30). The van der Waals surface area contributed by atoms with Gasteiger partial charge in [0.1, 0.15) is 0 Å². The van der Waals surface area contributed by atoms with Crippen LogP contribution in [0.2, 0.25) is 0 Å². The zero-order valence-electron chi connectivity index (χ0n) is 19.3. The first-order chi connectivity index (χ1) is 16.1. The number of carboxylic acids is 1. The van der Waals surface area contributed by atoms with E-state index in [1.807, 2.05) is 6.92 Å². The molecule has 2 atom stereocenters. The highest BCUT2D eigenvalue weighted by molar-refractivity contribution is 5.71. The van der Waals surface area contributed by atoms with Crippen molar-refractivity contribution in [2.45, 2.75) is 57.9 Å². The van der Waals surface area contributed by atoms with Crippen LogP contribution in [-0.2, 0) is 17.8 Å². The number of aliphatic carboxylic acids is 1. The predicted octanol–water partition coefficient (Wildman–Crippen LogP) is 4.68. The van der Waals surface area contributed by atoms with Gasteiger partial charge in [-0.1, -0.05) is 67.4 Å².